The molecule has 3 nitrogen and oxygen atoms in total. The fourth-order valence-electron chi connectivity index (χ4n) is 0.0667. The molecule has 0 unspecified atom stereocenters. The molecule has 0 amide bonds. The van der Waals surface area contributed by atoms with Crippen LogP contribution in [0, 0.1) is 0 Å². The van der Waals surface area contributed by atoms with Crippen molar-refractivity contribution in [1.82, 2.24) is 0 Å². The maximum absolute atomic E-state index is 9.31. The predicted octanol–water partition coefficient (Wildman–Crippen LogP) is -1.17. The Bertz CT molecular complexity index is 48.2. The van der Waals surface area contributed by atoms with Gasteiger partial charge in [-0.05, 0) is 0 Å². The summed E-state index contributed by atoms with van der Waals surface area (Å²) in [6.07, 6.45) is 0.348. The second kappa shape index (κ2) is 7.02. The maximum atomic E-state index is 9.31. The van der Waals surface area contributed by atoms with Crippen molar-refractivity contribution in [3.8, 4) is 0 Å². The zero-order valence-electron chi connectivity index (χ0n) is 3.03. The zero-order chi connectivity index (χ0) is 4.99. The molecule has 38 valence electrons. The molecule has 0 aliphatic heterocycles. The van der Waals surface area contributed by atoms with Gasteiger partial charge >= 0.3 is 29.6 Å². The van der Waals surface area contributed by atoms with Crippen LogP contribution in [-0.4, -0.2) is 51.8 Å². The van der Waals surface area contributed by atoms with E-state index in [-0.39, 0.29) is 35.7 Å². The molecule has 0 aromatic rings. The van der Waals surface area contributed by atoms with Crippen LogP contribution in [0.15, 0.2) is 0 Å². The second-order valence-electron chi connectivity index (χ2n) is 0.722. The van der Waals surface area contributed by atoms with Crippen LogP contribution in [-0.2, 0) is 4.79 Å². The van der Waals surface area contributed by atoms with E-state index in [0.717, 1.165) is 0 Å². The third-order valence-electron chi connectivity index (χ3n) is 0.238. The second-order valence-corrected chi connectivity index (χ2v) is 1.83. The fourth-order valence-corrected chi connectivity index (χ4v) is 0.200. The van der Waals surface area contributed by atoms with E-state index in [2.05, 4.69) is 0 Å². The first kappa shape index (κ1) is 10.9. The molecule has 0 bridgehead atoms. The molecule has 0 aromatic carbocycles. The SMILES string of the molecule is O=CCP(O)O.[NaH]. The third-order valence-corrected chi connectivity index (χ3v) is 0.714. The van der Waals surface area contributed by atoms with Crippen LogP contribution in [0.5, 0.6) is 0 Å². The van der Waals surface area contributed by atoms with Crippen molar-refractivity contribution >= 4 is 44.2 Å². The molecule has 0 rings (SSSR count). The Morgan fingerprint density at radius 2 is 2.00 bits per heavy atom. The molecule has 7 heavy (non-hydrogen) atoms. The summed E-state index contributed by atoms with van der Waals surface area (Å²) in [5.74, 6) is 0. The van der Waals surface area contributed by atoms with Gasteiger partial charge < -0.3 is 14.6 Å². The van der Waals surface area contributed by atoms with Crippen molar-refractivity contribution in [3.63, 3.8) is 0 Å². The van der Waals surface area contributed by atoms with Gasteiger partial charge in [-0.1, -0.05) is 0 Å². The minimum atomic E-state index is -1.97. The van der Waals surface area contributed by atoms with Gasteiger partial charge in [-0.15, -0.1) is 0 Å². The van der Waals surface area contributed by atoms with Gasteiger partial charge in [-0.25, -0.2) is 0 Å². The molecular formula is C2H6NaO3P. The zero-order valence-corrected chi connectivity index (χ0v) is 3.93. The predicted molar refractivity (Wildman–Crippen MR) is 29.4 cm³/mol. The first-order valence-electron chi connectivity index (χ1n) is 1.36. The van der Waals surface area contributed by atoms with E-state index in [4.69, 9.17) is 9.79 Å². The molecule has 0 aromatic heterocycles. The monoisotopic (exact) mass is 132 g/mol. The van der Waals surface area contributed by atoms with Gasteiger partial charge in [0.2, 0.25) is 0 Å². The topological polar surface area (TPSA) is 57.5 Å². The van der Waals surface area contributed by atoms with E-state index < -0.39 is 8.38 Å². The summed E-state index contributed by atoms with van der Waals surface area (Å²) in [5.41, 5.74) is 0. The molecule has 0 aliphatic carbocycles. The minimum absolute atomic E-state index is 0. The van der Waals surface area contributed by atoms with Crippen LogP contribution in [0.2, 0.25) is 0 Å². The number of carbonyl (C=O) groups is 1. The average Bonchev–Trinajstić information content (AvgIpc) is 1.35. The van der Waals surface area contributed by atoms with E-state index >= 15 is 0 Å². The van der Waals surface area contributed by atoms with Gasteiger partial charge in [0.25, 0.3) is 0 Å². The Hall–Kier alpha value is 1.02. The van der Waals surface area contributed by atoms with E-state index in [1.54, 1.807) is 0 Å². The van der Waals surface area contributed by atoms with E-state index in [1.807, 2.05) is 0 Å². The number of hydrogen-bond acceptors (Lipinski definition) is 3. The fraction of sp³-hybridized carbons (Fsp3) is 0.500. The van der Waals surface area contributed by atoms with E-state index in [1.165, 1.54) is 0 Å². The number of hydrogen-bond donors (Lipinski definition) is 2. The van der Waals surface area contributed by atoms with Crippen LogP contribution >= 0.6 is 8.38 Å². The summed E-state index contributed by atoms with van der Waals surface area (Å²) >= 11 is 0. The quantitative estimate of drug-likeness (QED) is 0.283. The Labute approximate surface area is 64.9 Å². The van der Waals surface area contributed by atoms with Crippen molar-refractivity contribution < 1.29 is 14.6 Å². The molecule has 0 radical (unpaired) electrons. The average molecular weight is 132 g/mol. The molecule has 0 atom stereocenters. The Morgan fingerprint density at radius 3 is 2.00 bits per heavy atom. The summed E-state index contributed by atoms with van der Waals surface area (Å²) in [4.78, 5) is 25.2. The van der Waals surface area contributed by atoms with E-state index in [9.17, 15) is 4.79 Å². The summed E-state index contributed by atoms with van der Waals surface area (Å²) in [6, 6.07) is 0. The Balaban J connectivity index is 0. The van der Waals surface area contributed by atoms with Gasteiger partial charge in [-0.3, -0.25) is 0 Å². The molecule has 0 spiro atoms. The molecule has 0 heterocycles. The summed E-state index contributed by atoms with van der Waals surface area (Å²) in [6.45, 7) is 0. The van der Waals surface area contributed by atoms with Gasteiger partial charge in [0.15, 0.2) is 8.38 Å². The number of rotatable bonds is 2. The summed E-state index contributed by atoms with van der Waals surface area (Å²) in [5, 5.41) is 0. The Kier molecular flexibility index (Phi) is 10.9. The first-order chi connectivity index (χ1) is 2.77. The van der Waals surface area contributed by atoms with Crippen LogP contribution < -0.4 is 0 Å². The molecule has 0 aliphatic rings. The molecule has 0 saturated carbocycles. The molecule has 5 heteroatoms. The standard InChI is InChI=1S/C2H5O3P.Na.H/c3-1-2-6(4)5;;/h1,4-5H,2H2;;. The van der Waals surface area contributed by atoms with Gasteiger partial charge in [0.1, 0.15) is 6.29 Å². The van der Waals surface area contributed by atoms with Crippen LogP contribution in [0.1, 0.15) is 0 Å². The van der Waals surface area contributed by atoms with Gasteiger partial charge in [-0.2, -0.15) is 0 Å². The number of aldehydes is 1. The van der Waals surface area contributed by atoms with Crippen molar-refractivity contribution in [3.05, 3.63) is 0 Å². The summed E-state index contributed by atoms with van der Waals surface area (Å²) < 4.78 is 0. The van der Waals surface area contributed by atoms with Crippen LogP contribution in [0.25, 0.3) is 0 Å². The summed E-state index contributed by atoms with van der Waals surface area (Å²) in [7, 11) is -1.97. The molecule has 0 saturated heterocycles. The molecule has 0 fully saturated rings. The first-order valence-corrected chi connectivity index (χ1v) is 2.79. The normalized spacial score (nSPS) is 7.86. The Morgan fingerprint density at radius 1 is 1.57 bits per heavy atom. The van der Waals surface area contributed by atoms with Gasteiger partial charge in [0, 0.05) is 0 Å². The van der Waals surface area contributed by atoms with Crippen molar-refractivity contribution in [2.45, 2.75) is 0 Å². The van der Waals surface area contributed by atoms with Crippen LogP contribution in [0.4, 0.5) is 0 Å². The van der Waals surface area contributed by atoms with E-state index in [0.29, 0.717) is 6.29 Å². The molecule has 2 N–H and O–H groups in total. The molecular weight excluding hydrogens is 126 g/mol. The third kappa shape index (κ3) is 10.9. The van der Waals surface area contributed by atoms with Crippen LogP contribution in [0.3, 0.4) is 0 Å². The van der Waals surface area contributed by atoms with Crippen molar-refractivity contribution in [2.24, 2.45) is 0 Å². The number of carbonyl (C=O) groups excluding carboxylic acids is 1. The van der Waals surface area contributed by atoms with Gasteiger partial charge in [0.05, 0.1) is 6.16 Å². The van der Waals surface area contributed by atoms with Crippen molar-refractivity contribution in [2.75, 3.05) is 6.16 Å². The van der Waals surface area contributed by atoms with Crippen molar-refractivity contribution in [1.29, 1.82) is 0 Å².